The molecule has 0 amide bonds. The zero-order chi connectivity index (χ0) is 17.3. The number of nitrogens with zero attached hydrogens (tertiary/aromatic N) is 3. The summed E-state index contributed by atoms with van der Waals surface area (Å²) in [6.45, 7) is 3.26. The second kappa shape index (κ2) is 6.54. The number of ether oxygens (including phenoxy) is 2. The molecule has 3 rings (SSSR count). The highest BCUT2D eigenvalue weighted by Gasteiger charge is 2.35. The monoisotopic (exact) mass is 351 g/mol. The van der Waals surface area contributed by atoms with Gasteiger partial charge < -0.3 is 14.0 Å². The molecule has 2 aromatic rings. The van der Waals surface area contributed by atoms with E-state index in [-0.39, 0.29) is 10.9 Å². The Hall–Kier alpha value is -1.90. The number of rotatable bonds is 5. The van der Waals surface area contributed by atoms with E-state index in [4.69, 9.17) is 9.47 Å². The Morgan fingerprint density at radius 3 is 2.79 bits per heavy atom. The number of aromatic nitrogens is 2. The summed E-state index contributed by atoms with van der Waals surface area (Å²) >= 11 is 0. The minimum Gasteiger partial charge on any atom is -0.497 e. The van der Waals surface area contributed by atoms with Gasteiger partial charge in [-0.15, -0.1) is 0 Å². The van der Waals surface area contributed by atoms with Gasteiger partial charge in [0.25, 0.3) is 0 Å². The molecule has 0 unspecified atom stereocenters. The molecule has 2 heterocycles. The Kier molecular flexibility index (Phi) is 4.62. The van der Waals surface area contributed by atoms with Crippen LogP contribution in [0.2, 0.25) is 0 Å². The van der Waals surface area contributed by atoms with Crippen molar-refractivity contribution in [1.82, 2.24) is 13.9 Å². The molecule has 0 N–H and O–H groups in total. The average molecular weight is 351 g/mol. The zero-order valence-corrected chi connectivity index (χ0v) is 14.8. The molecule has 0 bridgehead atoms. The summed E-state index contributed by atoms with van der Waals surface area (Å²) in [6, 6.07) is 6.18. The van der Waals surface area contributed by atoms with Crippen molar-refractivity contribution in [3.63, 3.8) is 0 Å². The molecule has 1 aliphatic rings. The van der Waals surface area contributed by atoms with E-state index in [0.29, 0.717) is 25.4 Å². The number of benzene rings is 1. The average Bonchev–Trinajstić information content (AvgIpc) is 2.99. The van der Waals surface area contributed by atoms with Crippen LogP contribution in [0.5, 0.6) is 5.75 Å². The summed E-state index contributed by atoms with van der Waals surface area (Å²) in [5, 5.41) is 0. The van der Waals surface area contributed by atoms with Crippen molar-refractivity contribution in [3.8, 4) is 5.75 Å². The molecule has 1 aromatic heterocycles. The van der Waals surface area contributed by atoms with E-state index >= 15 is 0 Å². The SMILES string of the molecule is COCc1cnc2n1CCN(S(=O)(=O)c1cccc(OC)c1)[C@H]2C. The lowest BCUT2D eigenvalue weighted by Crippen LogP contribution is -2.41. The molecular weight excluding hydrogens is 330 g/mol. The van der Waals surface area contributed by atoms with Crippen molar-refractivity contribution in [1.29, 1.82) is 0 Å². The van der Waals surface area contributed by atoms with Crippen LogP contribution in [0.1, 0.15) is 24.5 Å². The highest BCUT2D eigenvalue weighted by molar-refractivity contribution is 7.89. The van der Waals surface area contributed by atoms with Crippen LogP contribution in [0.4, 0.5) is 0 Å². The standard InChI is InChI=1S/C16H21N3O4S/c1-12-16-17-10-13(11-22-2)18(16)7-8-19(12)24(20,21)15-6-4-5-14(9-15)23-3/h4-6,9-10,12H,7-8,11H2,1-3H3/t12-/m0/s1. The van der Waals surface area contributed by atoms with Gasteiger partial charge in [-0.2, -0.15) is 4.31 Å². The summed E-state index contributed by atoms with van der Waals surface area (Å²) < 4.78 is 39.9. The summed E-state index contributed by atoms with van der Waals surface area (Å²) in [4.78, 5) is 4.63. The van der Waals surface area contributed by atoms with E-state index in [2.05, 4.69) is 4.98 Å². The third-order valence-electron chi connectivity index (χ3n) is 4.26. The van der Waals surface area contributed by atoms with E-state index in [0.717, 1.165) is 11.5 Å². The van der Waals surface area contributed by atoms with Gasteiger partial charge in [0, 0.05) is 26.3 Å². The third kappa shape index (κ3) is 2.81. The Labute approximate surface area is 141 Å². The fourth-order valence-corrected chi connectivity index (χ4v) is 4.65. The summed E-state index contributed by atoms with van der Waals surface area (Å²) in [6.07, 6.45) is 1.75. The predicted octanol–water partition coefficient (Wildman–Crippen LogP) is 1.80. The number of sulfonamides is 1. The van der Waals surface area contributed by atoms with Gasteiger partial charge in [0.05, 0.1) is 36.5 Å². The first-order chi connectivity index (χ1) is 11.5. The molecule has 1 aromatic carbocycles. The first-order valence-corrected chi connectivity index (χ1v) is 9.12. The summed E-state index contributed by atoms with van der Waals surface area (Å²) in [5.41, 5.74) is 0.956. The van der Waals surface area contributed by atoms with Gasteiger partial charge in [0.1, 0.15) is 11.6 Å². The first-order valence-electron chi connectivity index (χ1n) is 7.68. The van der Waals surface area contributed by atoms with Crippen molar-refractivity contribution < 1.29 is 17.9 Å². The summed E-state index contributed by atoms with van der Waals surface area (Å²) in [5.74, 6) is 1.25. The van der Waals surface area contributed by atoms with Crippen LogP contribution in [0.15, 0.2) is 35.4 Å². The van der Waals surface area contributed by atoms with Crippen molar-refractivity contribution in [2.45, 2.75) is 31.0 Å². The van der Waals surface area contributed by atoms with Crippen LogP contribution in [0.25, 0.3) is 0 Å². The lowest BCUT2D eigenvalue weighted by Gasteiger charge is -2.33. The number of hydrogen-bond acceptors (Lipinski definition) is 5. The molecule has 1 atom stereocenters. The van der Waals surface area contributed by atoms with Gasteiger partial charge in [-0.3, -0.25) is 0 Å². The Bertz CT molecular complexity index is 832. The van der Waals surface area contributed by atoms with E-state index < -0.39 is 10.0 Å². The minimum absolute atomic E-state index is 0.228. The molecule has 24 heavy (non-hydrogen) atoms. The first kappa shape index (κ1) is 16.9. The third-order valence-corrected chi connectivity index (χ3v) is 6.22. The second-order valence-electron chi connectivity index (χ2n) is 5.66. The fourth-order valence-electron chi connectivity index (χ4n) is 3.03. The fraction of sp³-hybridized carbons (Fsp3) is 0.438. The van der Waals surface area contributed by atoms with Crippen molar-refractivity contribution in [2.75, 3.05) is 20.8 Å². The van der Waals surface area contributed by atoms with Gasteiger partial charge in [-0.25, -0.2) is 13.4 Å². The highest BCUT2D eigenvalue weighted by Crippen LogP contribution is 2.31. The van der Waals surface area contributed by atoms with E-state index in [1.165, 1.54) is 11.4 Å². The number of methoxy groups -OCH3 is 2. The molecule has 0 aliphatic carbocycles. The molecule has 0 saturated heterocycles. The molecule has 8 heteroatoms. The van der Waals surface area contributed by atoms with Crippen LogP contribution >= 0.6 is 0 Å². The van der Waals surface area contributed by atoms with Crippen LogP contribution < -0.4 is 4.74 Å². The van der Waals surface area contributed by atoms with E-state index in [9.17, 15) is 8.42 Å². The normalized spacial score (nSPS) is 18.4. The predicted molar refractivity (Wildman–Crippen MR) is 88.2 cm³/mol. The minimum atomic E-state index is -3.62. The number of imidazole rings is 1. The Balaban J connectivity index is 1.94. The Morgan fingerprint density at radius 2 is 2.08 bits per heavy atom. The smallest absolute Gasteiger partial charge is 0.243 e. The molecule has 7 nitrogen and oxygen atoms in total. The van der Waals surface area contributed by atoms with Gasteiger partial charge >= 0.3 is 0 Å². The van der Waals surface area contributed by atoms with Crippen molar-refractivity contribution >= 4 is 10.0 Å². The van der Waals surface area contributed by atoms with Gasteiger partial charge in [0.15, 0.2) is 0 Å². The quantitative estimate of drug-likeness (QED) is 0.821. The highest BCUT2D eigenvalue weighted by atomic mass is 32.2. The van der Waals surface area contributed by atoms with Crippen LogP contribution in [0, 0.1) is 0 Å². The molecule has 0 spiro atoms. The molecule has 0 saturated carbocycles. The van der Waals surface area contributed by atoms with Crippen LogP contribution in [0.3, 0.4) is 0 Å². The molecular formula is C16H21N3O4S. The maximum absolute atomic E-state index is 13.0. The topological polar surface area (TPSA) is 73.7 Å². The molecule has 0 fully saturated rings. The maximum atomic E-state index is 13.0. The lowest BCUT2D eigenvalue weighted by molar-refractivity contribution is 0.173. The summed E-state index contributed by atoms with van der Waals surface area (Å²) in [7, 11) is -0.473. The van der Waals surface area contributed by atoms with E-state index in [1.54, 1.807) is 37.6 Å². The van der Waals surface area contributed by atoms with Crippen LogP contribution in [-0.4, -0.2) is 43.0 Å². The molecule has 1 aliphatic heterocycles. The lowest BCUT2D eigenvalue weighted by atomic mass is 10.2. The van der Waals surface area contributed by atoms with Crippen molar-refractivity contribution in [3.05, 3.63) is 42.0 Å². The zero-order valence-electron chi connectivity index (χ0n) is 14.0. The van der Waals surface area contributed by atoms with Gasteiger partial charge in [-0.1, -0.05) is 6.07 Å². The van der Waals surface area contributed by atoms with Gasteiger partial charge in [0.2, 0.25) is 10.0 Å². The van der Waals surface area contributed by atoms with Crippen LogP contribution in [-0.2, 0) is 27.9 Å². The number of fused-ring (bicyclic) bond motifs is 1. The second-order valence-corrected chi connectivity index (χ2v) is 7.55. The maximum Gasteiger partial charge on any atom is 0.243 e. The van der Waals surface area contributed by atoms with E-state index in [1.807, 2.05) is 11.5 Å². The number of hydrogen-bond donors (Lipinski definition) is 0. The van der Waals surface area contributed by atoms with Gasteiger partial charge in [-0.05, 0) is 19.1 Å². The Morgan fingerprint density at radius 1 is 1.29 bits per heavy atom. The largest absolute Gasteiger partial charge is 0.497 e. The van der Waals surface area contributed by atoms with Crippen molar-refractivity contribution in [2.24, 2.45) is 0 Å². The molecule has 0 radical (unpaired) electrons. The molecule has 130 valence electrons.